The number of carboxylic acid groups (broad SMARTS) is 1. The van der Waals surface area contributed by atoms with Crippen molar-refractivity contribution in [2.24, 2.45) is 11.8 Å². The molecule has 0 aromatic carbocycles. The van der Waals surface area contributed by atoms with Gasteiger partial charge in [0.05, 0.1) is 30.7 Å². The van der Waals surface area contributed by atoms with Crippen LogP contribution >= 0.6 is 0 Å². The molecular formula is C26H41N3O7. The second-order valence-corrected chi connectivity index (χ2v) is 10.8. The van der Waals surface area contributed by atoms with E-state index >= 15 is 0 Å². The number of aliphatic carboxylic acids is 1. The highest BCUT2D eigenvalue weighted by Gasteiger charge is 2.78. The molecule has 10 nitrogen and oxygen atoms in total. The van der Waals surface area contributed by atoms with Crippen LogP contribution in [0.5, 0.6) is 0 Å². The van der Waals surface area contributed by atoms with Crippen LogP contribution < -0.4 is 0 Å². The molecule has 0 aliphatic carbocycles. The molecule has 2 unspecified atom stereocenters. The summed E-state index contributed by atoms with van der Waals surface area (Å²) >= 11 is 0. The number of aliphatic hydroxyl groups excluding tert-OH is 1. The van der Waals surface area contributed by atoms with E-state index in [-0.39, 0.29) is 18.4 Å². The van der Waals surface area contributed by atoms with Crippen molar-refractivity contribution in [3.05, 3.63) is 12.7 Å². The van der Waals surface area contributed by atoms with Crippen LogP contribution in [0.15, 0.2) is 12.7 Å². The van der Waals surface area contributed by atoms with Crippen molar-refractivity contribution in [2.45, 2.75) is 62.7 Å². The zero-order valence-electron chi connectivity index (χ0n) is 21.4. The Kier molecular flexibility index (Phi) is 8.38. The SMILES string of the molecule is C=CCN(CCN1CCOCC1)C(=O)C1N(CCCCCCO)C(=O)[C@@H]2[C@H](C(=O)O)[C@]3(C)CCC12O3. The van der Waals surface area contributed by atoms with Gasteiger partial charge in [-0.15, -0.1) is 6.58 Å². The molecule has 10 heteroatoms. The van der Waals surface area contributed by atoms with Crippen LogP contribution in [-0.2, 0) is 23.9 Å². The van der Waals surface area contributed by atoms with E-state index in [4.69, 9.17) is 14.6 Å². The Morgan fingerprint density at radius 3 is 2.56 bits per heavy atom. The highest BCUT2D eigenvalue weighted by atomic mass is 16.5. The number of nitrogens with zero attached hydrogens (tertiary/aromatic N) is 3. The number of carboxylic acids is 1. The van der Waals surface area contributed by atoms with Gasteiger partial charge in [-0.3, -0.25) is 19.3 Å². The largest absolute Gasteiger partial charge is 0.481 e. The maximum atomic E-state index is 14.2. The van der Waals surface area contributed by atoms with Gasteiger partial charge in [0.1, 0.15) is 11.6 Å². The summed E-state index contributed by atoms with van der Waals surface area (Å²) in [6.45, 7) is 10.6. The average molecular weight is 508 g/mol. The Balaban J connectivity index is 1.59. The number of ether oxygens (including phenoxy) is 2. The summed E-state index contributed by atoms with van der Waals surface area (Å²) in [6, 6.07) is -0.844. The van der Waals surface area contributed by atoms with E-state index in [1.165, 1.54) is 0 Å². The van der Waals surface area contributed by atoms with E-state index in [2.05, 4.69) is 11.5 Å². The van der Waals surface area contributed by atoms with Crippen molar-refractivity contribution in [2.75, 3.05) is 59.1 Å². The fourth-order valence-corrected chi connectivity index (χ4v) is 6.78. The van der Waals surface area contributed by atoms with Crippen LogP contribution in [0, 0.1) is 11.8 Å². The molecule has 36 heavy (non-hydrogen) atoms. The Morgan fingerprint density at radius 1 is 1.17 bits per heavy atom. The molecular weight excluding hydrogens is 466 g/mol. The number of hydrogen-bond donors (Lipinski definition) is 2. The molecule has 4 fully saturated rings. The second-order valence-electron chi connectivity index (χ2n) is 10.8. The van der Waals surface area contributed by atoms with E-state index in [0.717, 1.165) is 25.9 Å². The number of hydrogen-bond acceptors (Lipinski definition) is 7. The molecule has 4 aliphatic heterocycles. The van der Waals surface area contributed by atoms with Gasteiger partial charge in [-0.2, -0.15) is 0 Å². The van der Waals surface area contributed by atoms with Crippen molar-refractivity contribution < 1.29 is 34.1 Å². The van der Waals surface area contributed by atoms with Gasteiger partial charge >= 0.3 is 5.97 Å². The lowest BCUT2D eigenvalue weighted by Crippen LogP contribution is -2.57. The van der Waals surface area contributed by atoms with Crippen molar-refractivity contribution in [1.82, 2.24) is 14.7 Å². The Bertz CT molecular complexity index is 847. The van der Waals surface area contributed by atoms with Crippen LogP contribution in [0.4, 0.5) is 0 Å². The fraction of sp³-hybridized carbons (Fsp3) is 0.808. The third-order valence-electron chi connectivity index (χ3n) is 8.53. The highest BCUT2D eigenvalue weighted by Crippen LogP contribution is 2.63. The molecule has 4 rings (SSSR count). The van der Waals surface area contributed by atoms with E-state index in [0.29, 0.717) is 65.1 Å². The quantitative estimate of drug-likeness (QED) is 0.277. The fourth-order valence-electron chi connectivity index (χ4n) is 6.78. The molecule has 0 aromatic rings. The summed E-state index contributed by atoms with van der Waals surface area (Å²) in [6.07, 6.45) is 5.72. The number of carbonyl (C=O) groups is 3. The first-order valence-corrected chi connectivity index (χ1v) is 13.3. The molecule has 2 amide bonds. The summed E-state index contributed by atoms with van der Waals surface area (Å²) in [7, 11) is 0. The maximum absolute atomic E-state index is 14.2. The summed E-state index contributed by atoms with van der Waals surface area (Å²) in [5.41, 5.74) is -2.07. The average Bonchev–Trinajstić information content (AvgIpc) is 3.42. The normalized spacial score (nSPS) is 33.7. The lowest BCUT2D eigenvalue weighted by molar-refractivity contribution is -0.156. The van der Waals surface area contributed by atoms with Crippen LogP contribution in [0.2, 0.25) is 0 Å². The first-order valence-electron chi connectivity index (χ1n) is 13.3. The van der Waals surface area contributed by atoms with Gasteiger partial charge in [-0.05, 0) is 32.6 Å². The zero-order valence-corrected chi connectivity index (χ0v) is 21.4. The summed E-state index contributed by atoms with van der Waals surface area (Å²) in [5.74, 6) is -3.33. The van der Waals surface area contributed by atoms with Gasteiger partial charge in [0.25, 0.3) is 0 Å². The predicted molar refractivity (Wildman–Crippen MR) is 131 cm³/mol. The number of rotatable bonds is 13. The van der Waals surface area contributed by atoms with Crippen LogP contribution in [0.1, 0.15) is 45.4 Å². The van der Waals surface area contributed by atoms with E-state index in [9.17, 15) is 19.5 Å². The van der Waals surface area contributed by atoms with Gasteiger partial charge < -0.3 is 29.5 Å². The molecule has 0 saturated carbocycles. The minimum absolute atomic E-state index is 0.126. The van der Waals surface area contributed by atoms with Crippen molar-refractivity contribution in [3.8, 4) is 0 Å². The van der Waals surface area contributed by atoms with Gasteiger partial charge in [0.15, 0.2) is 0 Å². The van der Waals surface area contributed by atoms with Crippen molar-refractivity contribution in [3.63, 3.8) is 0 Å². The number of morpholine rings is 1. The van der Waals surface area contributed by atoms with Crippen molar-refractivity contribution in [1.29, 1.82) is 0 Å². The lowest BCUT2D eigenvalue weighted by atomic mass is 9.66. The number of likely N-dealkylation sites (tertiary alicyclic amines) is 1. The zero-order chi connectivity index (χ0) is 25.9. The minimum Gasteiger partial charge on any atom is -0.481 e. The number of amides is 2. The highest BCUT2D eigenvalue weighted by molar-refractivity contribution is 5.98. The Morgan fingerprint density at radius 2 is 1.89 bits per heavy atom. The summed E-state index contributed by atoms with van der Waals surface area (Å²) in [4.78, 5) is 45.9. The molecule has 5 atom stereocenters. The topological polar surface area (TPSA) is 120 Å². The van der Waals surface area contributed by atoms with Gasteiger partial charge in [-0.25, -0.2) is 0 Å². The monoisotopic (exact) mass is 507 g/mol. The van der Waals surface area contributed by atoms with Crippen LogP contribution in [0.25, 0.3) is 0 Å². The molecule has 0 aromatic heterocycles. The van der Waals surface area contributed by atoms with Gasteiger partial charge in [-0.1, -0.05) is 18.9 Å². The van der Waals surface area contributed by atoms with Crippen LogP contribution in [0.3, 0.4) is 0 Å². The maximum Gasteiger partial charge on any atom is 0.310 e. The molecule has 2 N–H and O–H groups in total. The second kappa shape index (κ2) is 11.2. The van der Waals surface area contributed by atoms with E-state index in [1.807, 2.05) is 0 Å². The standard InChI is InChI=1S/C26H41N3O7/c1-3-10-28(13-12-27-14-17-35-18-15-27)23(32)21-26-9-8-25(2,36-26)20(24(33)34)19(26)22(31)29(21)11-6-4-5-7-16-30/h3,19-21,30H,1,4-18H2,2H3,(H,33,34)/t19-,20+,21?,25-,26?/m0/s1. The molecule has 4 heterocycles. The molecule has 4 aliphatic rings. The predicted octanol–water partition coefficient (Wildman–Crippen LogP) is 0.735. The molecule has 2 bridgehead atoms. The third-order valence-corrected chi connectivity index (χ3v) is 8.53. The number of aliphatic hydroxyl groups is 1. The number of unbranched alkanes of at least 4 members (excludes halogenated alkanes) is 3. The van der Waals surface area contributed by atoms with Gasteiger partial charge in [0.2, 0.25) is 11.8 Å². The number of carbonyl (C=O) groups excluding carboxylic acids is 2. The smallest absolute Gasteiger partial charge is 0.310 e. The van der Waals surface area contributed by atoms with Gasteiger partial charge in [0, 0.05) is 45.9 Å². The number of fused-ring (bicyclic) bond motifs is 1. The summed E-state index contributed by atoms with van der Waals surface area (Å²) < 4.78 is 11.9. The Labute approximate surface area is 213 Å². The molecule has 0 radical (unpaired) electrons. The first kappa shape index (κ1) is 27.0. The minimum atomic E-state index is -1.12. The molecule has 202 valence electrons. The van der Waals surface area contributed by atoms with E-state index < -0.39 is 35.0 Å². The molecule has 4 saturated heterocycles. The van der Waals surface area contributed by atoms with Crippen molar-refractivity contribution >= 4 is 17.8 Å². The van der Waals surface area contributed by atoms with Crippen LogP contribution in [-0.4, -0.2) is 119 Å². The van der Waals surface area contributed by atoms with E-state index in [1.54, 1.807) is 22.8 Å². The molecule has 1 spiro atoms. The Hall–Kier alpha value is -2.01. The lowest BCUT2D eigenvalue weighted by Gasteiger charge is -2.37. The summed E-state index contributed by atoms with van der Waals surface area (Å²) in [5, 5.41) is 19.1. The first-order chi connectivity index (χ1) is 17.3. The third kappa shape index (κ3) is 4.80.